The number of amides is 1. The van der Waals surface area contributed by atoms with E-state index in [4.69, 9.17) is 23.2 Å². The highest BCUT2D eigenvalue weighted by molar-refractivity contribution is 7.91. The van der Waals surface area contributed by atoms with E-state index in [9.17, 15) is 13.2 Å². The van der Waals surface area contributed by atoms with Gasteiger partial charge in [0.15, 0.2) is 9.84 Å². The van der Waals surface area contributed by atoms with Crippen molar-refractivity contribution < 1.29 is 13.2 Å². The second-order valence-corrected chi connectivity index (χ2v) is 7.02. The summed E-state index contributed by atoms with van der Waals surface area (Å²) in [6, 6.07) is 2.83. The third-order valence-corrected chi connectivity index (χ3v) is 4.64. The first-order valence-electron chi connectivity index (χ1n) is 5.20. The Morgan fingerprint density at radius 2 is 1.67 bits per heavy atom. The predicted molar refractivity (Wildman–Crippen MR) is 68.8 cm³/mol. The molecule has 1 fully saturated rings. The van der Waals surface area contributed by atoms with Crippen LogP contribution >= 0.6 is 23.2 Å². The molecule has 0 N–H and O–H groups in total. The van der Waals surface area contributed by atoms with Crippen molar-refractivity contribution >= 4 is 38.9 Å². The largest absolute Gasteiger partial charge is 0.337 e. The van der Waals surface area contributed by atoms with Crippen LogP contribution in [0.3, 0.4) is 0 Å². The van der Waals surface area contributed by atoms with Gasteiger partial charge < -0.3 is 4.90 Å². The van der Waals surface area contributed by atoms with Gasteiger partial charge in [0.1, 0.15) is 10.3 Å². The third-order valence-electron chi connectivity index (χ3n) is 2.64. The summed E-state index contributed by atoms with van der Waals surface area (Å²) >= 11 is 11.4. The van der Waals surface area contributed by atoms with Crippen LogP contribution in [-0.4, -0.2) is 48.8 Å². The topological polar surface area (TPSA) is 67.3 Å². The molecule has 2 rings (SSSR count). The standard InChI is InChI=1S/C10H10Cl2N2O3S/c11-8-5-7(6-9(12)13-8)10(15)14-1-3-18(16,17)4-2-14/h5-6H,1-4H2. The molecule has 0 saturated carbocycles. The highest BCUT2D eigenvalue weighted by atomic mass is 35.5. The molecule has 5 nitrogen and oxygen atoms in total. The van der Waals surface area contributed by atoms with E-state index < -0.39 is 9.84 Å². The van der Waals surface area contributed by atoms with Crippen molar-refractivity contribution in [2.45, 2.75) is 0 Å². The molecule has 1 aromatic heterocycles. The van der Waals surface area contributed by atoms with Crippen LogP contribution in [-0.2, 0) is 9.84 Å². The summed E-state index contributed by atoms with van der Waals surface area (Å²) in [6.45, 7) is 0.386. The number of hydrogen-bond acceptors (Lipinski definition) is 4. The first-order chi connectivity index (χ1) is 8.37. The van der Waals surface area contributed by atoms with Crippen molar-refractivity contribution in [1.82, 2.24) is 9.88 Å². The number of carbonyl (C=O) groups is 1. The zero-order valence-electron chi connectivity index (χ0n) is 9.27. The SMILES string of the molecule is O=C(c1cc(Cl)nc(Cl)c1)N1CCS(=O)(=O)CC1. The lowest BCUT2D eigenvalue weighted by Crippen LogP contribution is -2.43. The summed E-state index contributed by atoms with van der Waals surface area (Å²) in [5.74, 6) is -0.299. The number of hydrogen-bond donors (Lipinski definition) is 0. The molecule has 1 saturated heterocycles. The maximum absolute atomic E-state index is 12.1. The molecule has 0 atom stereocenters. The van der Waals surface area contributed by atoms with Crippen molar-refractivity contribution in [3.8, 4) is 0 Å². The molecule has 1 aliphatic rings. The van der Waals surface area contributed by atoms with Crippen LogP contribution in [0.25, 0.3) is 0 Å². The van der Waals surface area contributed by atoms with Gasteiger partial charge in [-0.05, 0) is 12.1 Å². The van der Waals surface area contributed by atoms with E-state index in [-0.39, 0.29) is 40.8 Å². The molecule has 18 heavy (non-hydrogen) atoms. The number of rotatable bonds is 1. The Labute approximate surface area is 115 Å². The number of pyridine rings is 1. The number of nitrogens with zero attached hydrogens (tertiary/aromatic N) is 2. The fraction of sp³-hybridized carbons (Fsp3) is 0.400. The molecular formula is C10H10Cl2N2O3S. The van der Waals surface area contributed by atoms with Crippen molar-refractivity contribution in [3.05, 3.63) is 28.0 Å². The normalized spacial score (nSPS) is 18.7. The molecule has 0 aromatic carbocycles. The van der Waals surface area contributed by atoms with Crippen LogP contribution in [0, 0.1) is 0 Å². The zero-order valence-corrected chi connectivity index (χ0v) is 11.6. The van der Waals surface area contributed by atoms with E-state index in [1.807, 2.05) is 0 Å². The van der Waals surface area contributed by atoms with Crippen molar-refractivity contribution in [2.24, 2.45) is 0 Å². The lowest BCUT2D eigenvalue weighted by atomic mass is 10.2. The summed E-state index contributed by atoms with van der Waals surface area (Å²) in [5, 5.41) is 0.269. The van der Waals surface area contributed by atoms with Gasteiger partial charge in [-0.3, -0.25) is 4.79 Å². The Balaban J connectivity index is 2.17. The second-order valence-electron chi connectivity index (χ2n) is 3.95. The van der Waals surface area contributed by atoms with Gasteiger partial charge in [-0.15, -0.1) is 0 Å². The van der Waals surface area contributed by atoms with Crippen LogP contribution in [0.2, 0.25) is 10.3 Å². The summed E-state index contributed by atoms with van der Waals surface area (Å²) < 4.78 is 22.5. The number of carbonyl (C=O) groups excluding carboxylic acids is 1. The molecule has 0 aliphatic carbocycles. The molecule has 1 amide bonds. The van der Waals surface area contributed by atoms with Gasteiger partial charge in [-0.25, -0.2) is 13.4 Å². The van der Waals surface area contributed by atoms with Crippen LogP contribution in [0.1, 0.15) is 10.4 Å². The molecule has 0 unspecified atom stereocenters. The Hall–Kier alpha value is -0.850. The van der Waals surface area contributed by atoms with Crippen LogP contribution in [0.5, 0.6) is 0 Å². The van der Waals surface area contributed by atoms with Gasteiger partial charge in [0.2, 0.25) is 0 Å². The van der Waals surface area contributed by atoms with Gasteiger partial charge in [-0.1, -0.05) is 23.2 Å². The first-order valence-corrected chi connectivity index (χ1v) is 7.78. The highest BCUT2D eigenvalue weighted by Crippen LogP contribution is 2.17. The molecule has 0 radical (unpaired) electrons. The van der Waals surface area contributed by atoms with E-state index >= 15 is 0 Å². The van der Waals surface area contributed by atoms with E-state index in [2.05, 4.69) is 4.98 Å². The minimum atomic E-state index is -3.01. The van der Waals surface area contributed by atoms with Crippen molar-refractivity contribution in [1.29, 1.82) is 0 Å². The maximum Gasteiger partial charge on any atom is 0.254 e. The predicted octanol–water partition coefficient (Wildman–Crippen LogP) is 1.26. The van der Waals surface area contributed by atoms with Gasteiger partial charge in [-0.2, -0.15) is 0 Å². The molecule has 1 aromatic rings. The summed E-state index contributed by atoms with van der Waals surface area (Å²) in [6.07, 6.45) is 0. The molecular weight excluding hydrogens is 299 g/mol. The monoisotopic (exact) mass is 308 g/mol. The Morgan fingerprint density at radius 1 is 1.17 bits per heavy atom. The number of halogens is 2. The summed E-state index contributed by atoms with van der Waals surface area (Å²) in [7, 11) is -3.01. The van der Waals surface area contributed by atoms with Gasteiger partial charge in [0.25, 0.3) is 5.91 Å². The van der Waals surface area contributed by atoms with Crippen LogP contribution in [0.4, 0.5) is 0 Å². The fourth-order valence-electron chi connectivity index (χ4n) is 1.69. The van der Waals surface area contributed by atoms with Gasteiger partial charge in [0.05, 0.1) is 11.5 Å². The Kier molecular flexibility index (Phi) is 3.79. The number of aromatic nitrogens is 1. The van der Waals surface area contributed by atoms with Crippen molar-refractivity contribution in [3.63, 3.8) is 0 Å². The fourth-order valence-corrected chi connectivity index (χ4v) is 3.35. The van der Waals surface area contributed by atoms with Crippen LogP contribution < -0.4 is 0 Å². The average Bonchev–Trinajstić information content (AvgIpc) is 2.27. The molecule has 1 aliphatic heterocycles. The average molecular weight is 309 g/mol. The van der Waals surface area contributed by atoms with E-state index in [0.29, 0.717) is 5.56 Å². The summed E-state index contributed by atoms with van der Waals surface area (Å²) in [5.41, 5.74) is 0.319. The number of sulfone groups is 1. The van der Waals surface area contributed by atoms with E-state index in [1.54, 1.807) is 0 Å². The van der Waals surface area contributed by atoms with Crippen molar-refractivity contribution in [2.75, 3.05) is 24.6 Å². The van der Waals surface area contributed by atoms with Crippen LogP contribution in [0.15, 0.2) is 12.1 Å². The second kappa shape index (κ2) is 5.03. The van der Waals surface area contributed by atoms with Gasteiger partial charge in [0, 0.05) is 18.7 Å². The third kappa shape index (κ3) is 3.13. The molecule has 0 bridgehead atoms. The minimum Gasteiger partial charge on any atom is -0.337 e. The zero-order chi connectivity index (χ0) is 13.3. The van der Waals surface area contributed by atoms with Gasteiger partial charge >= 0.3 is 0 Å². The van der Waals surface area contributed by atoms with E-state index in [0.717, 1.165) is 0 Å². The molecule has 98 valence electrons. The Morgan fingerprint density at radius 3 is 2.17 bits per heavy atom. The molecule has 2 heterocycles. The Bertz CT molecular complexity index is 555. The molecule has 0 spiro atoms. The molecule has 8 heteroatoms. The lowest BCUT2D eigenvalue weighted by molar-refractivity contribution is 0.0770. The summed E-state index contributed by atoms with van der Waals surface area (Å²) in [4.78, 5) is 17.3. The highest BCUT2D eigenvalue weighted by Gasteiger charge is 2.26. The quantitative estimate of drug-likeness (QED) is 0.733. The minimum absolute atomic E-state index is 0.00864. The lowest BCUT2D eigenvalue weighted by Gasteiger charge is -2.26. The smallest absolute Gasteiger partial charge is 0.254 e. The van der Waals surface area contributed by atoms with E-state index in [1.165, 1.54) is 17.0 Å². The maximum atomic E-state index is 12.1. The first kappa shape index (κ1) is 13.6.